The van der Waals surface area contributed by atoms with Crippen LogP contribution in [0.1, 0.15) is 23.4 Å². The number of carbonyl (C=O) groups is 1. The summed E-state index contributed by atoms with van der Waals surface area (Å²) in [6.45, 7) is 2.49. The van der Waals surface area contributed by atoms with E-state index in [1.807, 2.05) is 43.3 Å². The lowest BCUT2D eigenvalue weighted by Crippen LogP contribution is -2.23. The van der Waals surface area contributed by atoms with Crippen molar-refractivity contribution in [1.29, 1.82) is 0 Å². The van der Waals surface area contributed by atoms with Gasteiger partial charge < -0.3 is 9.84 Å². The minimum Gasteiger partial charge on any atom is -0.352 e. The number of rotatable bonds is 6. The predicted molar refractivity (Wildman–Crippen MR) is 88.9 cm³/mol. The molecule has 24 heavy (non-hydrogen) atoms. The van der Waals surface area contributed by atoms with E-state index in [0.29, 0.717) is 31.1 Å². The molecule has 3 rings (SSSR count). The Labute approximate surface area is 139 Å². The molecule has 0 unspecified atom stereocenters. The van der Waals surface area contributed by atoms with Crippen LogP contribution in [0.15, 0.2) is 53.3 Å². The smallest absolute Gasteiger partial charge is 0.227 e. The van der Waals surface area contributed by atoms with Crippen LogP contribution in [0.3, 0.4) is 0 Å². The van der Waals surface area contributed by atoms with E-state index in [2.05, 4.69) is 20.4 Å². The maximum absolute atomic E-state index is 11.9. The topological polar surface area (TPSA) is 80.9 Å². The number of carbonyl (C=O) groups excluding carboxylic acids is 1. The molecule has 1 N–H and O–H groups in total. The van der Waals surface area contributed by atoms with Gasteiger partial charge in [-0.1, -0.05) is 41.1 Å². The highest BCUT2D eigenvalue weighted by atomic mass is 16.5. The number of amides is 1. The molecule has 0 atom stereocenters. The van der Waals surface area contributed by atoms with Crippen LogP contribution in [0.25, 0.3) is 11.4 Å². The summed E-state index contributed by atoms with van der Waals surface area (Å²) in [5.41, 5.74) is 3.04. The summed E-state index contributed by atoms with van der Waals surface area (Å²) in [6.07, 6.45) is 4.15. The molecule has 0 aliphatic carbocycles. The van der Waals surface area contributed by atoms with Crippen molar-refractivity contribution in [3.05, 3.63) is 65.8 Å². The highest BCUT2D eigenvalue weighted by Gasteiger charge is 2.10. The number of hydrogen-bond donors (Lipinski definition) is 1. The molecule has 6 nitrogen and oxygen atoms in total. The molecule has 3 aromatic rings. The van der Waals surface area contributed by atoms with Gasteiger partial charge in [-0.15, -0.1) is 0 Å². The normalized spacial score (nSPS) is 10.5. The fourth-order valence-electron chi connectivity index (χ4n) is 2.19. The van der Waals surface area contributed by atoms with Crippen molar-refractivity contribution < 1.29 is 9.32 Å². The number of nitrogens with zero attached hydrogens (tertiary/aromatic N) is 3. The van der Waals surface area contributed by atoms with Gasteiger partial charge in [0.1, 0.15) is 0 Å². The van der Waals surface area contributed by atoms with E-state index in [4.69, 9.17) is 4.52 Å². The van der Waals surface area contributed by atoms with Crippen molar-refractivity contribution in [2.45, 2.75) is 26.3 Å². The van der Waals surface area contributed by atoms with Crippen LogP contribution in [-0.4, -0.2) is 21.0 Å². The van der Waals surface area contributed by atoms with Crippen LogP contribution in [-0.2, 0) is 17.8 Å². The SMILES string of the molecule is Cc1ccc(-c2noc(CCC(=O)NCc3cccnc3)n2)cc1. The molecule has 1 aromatic carbocycles. The Kier molecular flexibility index (Phi) is 4.96. The number of aromatic nitrogens is 3. The largest absolute Gasteiger partial charge is 0.352 e. The first-order valence-electron chi connectivity index (χ1n) is 7.76. The molecule has 0 saturated carbocycles. The molecule has 2 heterocycles. The van der Waals surface area contributed by atoms with Crippen molar-refractivity contribution in [3.8, 4) is 11.4 Å². The standard InChI is InChI=1S/C18H18N4O2/c1-13-4-6-15(7-5-13)18-21-17(24-22-18)9-8-16(23)20-12-14-3-2-10-19-11-14/h2-7,10-11H,8-9,12H2,1H3,(H,20,23). The van der Waals surface area contributed by atoms with Crippen molar-refractivity contribution in [3.63, 3.8) is 0 Å². The molecule has 0 saturated heterocycles. The van der Waals surface area contributed by atoms with Gasteiger partial charge in [-0.3, -0.25) is 9.78 Å². The van der Waals surface area contributed by atoms with Gasteiger partial charge in [0.25, 0.3) is 0 Å². The average Bonchev–Trinajstić information content (AvgIpc) is 3.09. The Morgan fingerprint density at radius 2 is 2.04 bits per heavy atom. The lowest BCUT2D eigenvalue weighted by atomic mass is 10.1. The van der Waals surface area contributed by atoms with Gasteiger partial charge in [-0.25, -0.2) is 0 Å². The van der Waals surface area contributed by atoms with Crippen molar-refractivity contribution >= 4 is 5.91 Å². The highest BCUT2D eigenvalue weighted by molar-refractivity contribution is 5.76. The molecule has 0 bridgehead atoms. The molecule has 2 aromatic heterocycles. The summed E-state index contributed by atoms with van der Waals surface area (Å²) in [7, 11) is 0. The van der Waals surface area contributed by atoms with Gasteiger partial charge in [0.05, 0.1) is 0 Å². The van der Waals surface area contributed by atoms with E-state index in [0.717, 1.165) is 11.1 Å². The summed E-state index contributed by atoms with van der Waals surface area (Å²) in [5, 5.41) is 6.81. The van der Waals surface area contributed by atoms with Crippen LogP contribution < -0.4 is 5.32 Å². The molecule has 0 spiro atoms. The first-order chi connectivity index (χ1) is 11.7. The van der Waals surface area contributed by atoms with Gasteiger partial charge in [-0.2, -0.15) is 4.98 Å². The van der Waals surface area contributed by atoms with Gasteiger partial charge >= 0.3 is 0 Å². The Balaban J connectivity index is 1.50. The zero-order valence-electron chi connectivity index (χ0n) is 13.4. The first-order valence-corrected chi connectivity index (χ1v) is 7.76. The molecule has 1 amide bonds. The molecular weight excluding hydrogens is 304 g/mol. The van der Waals surface area contributed by atoms with E-state index < -0.39 is 0 Å². The summed E-state index contributed by atoms with van der Waals surface area (Å²) in [5.74, 6) is 0.941. The lowest BCUT2D eigenvalue weighted by molar-refractivity contribution is -0.121. The monoisotopic (exact) mass is 322 g/mol. The third-order valence-electron chi connectivity index (χ3n) is 3.56. The minimum atomic E-state index is -0.0612. The van der Waals surface area contributed by atoms with E-state index in [9.17, 15) is 4.79 Å². The summed E-state index contributed by atoms with van der Waals surface area (Å²) in [6, 6.07) is 11.6. The highest BCUT2D eigenvalue weighted by Crippen LogP contribution is 2.16. The lowest BCUT2D eigenvalue weighted by Gasteiger charge is -2.03. The Morgan fingerprint density at radius 3 is 2.79 bits per heavy atom. The van der Waals surface area contributed by atoms with Crippen LogP contribution in [0, 0.1) is 6.92 Å². The molecule has 122 valence electrons. The van der Waals surface area contributed by atoms with Crippen LogP contribution >= 0.6 is 0 Å². The molecule has 6 heteroatoms. The van der Waals surface area contributed by atoms with Gasteiger partial charge in [0.15, 0.2) is 0 Å². The van der Waals surface area contributed by atoms with E-state index in [-0.39, 0.29) is 5.91 Å². The maximum Gasteiger partial charge on any atom is 0.227 e. The fraction of sp³-hybridized carbons (Fsp3) is 0.222. The van der Waals surface area contributed by atoms with E-state index >= 15 is 0 Å². The fourth-order valence-corrected chi connectivity index (χ4v) is 2.19. The van der Waals surface area contributed by atoms with Crippen LogP contribution in [0.4, 0.5) is 0 Å². The van der Waals surface area contributed by atoms with Crippen molar-refractivity contribution in [2.75, 3.05) is 0 Å². The molecule has 0 radical (unpaired) electrons. The van der Waals surface area contributed by atoms with E-state index in [1.54, 1.807) is 12.4 Å². The number of nitrogens with one attached hydrogen (secondary N) is 1. The first kappa shape index (κ1) is 15.9. The second kappa shape index (κ2) is 7.50. The second-order valence-corrected chi connectivity index (χ2v) is 5.52. The zero-order valence-corrected chi connectivity index (χ0v) is 13.4. The van der Waals surface area contributed by atoms with Gasteiger partial charge in [-0.05, 0) is 18.6 Å². The minimum absolute atomic E-state index is 0.0612. The predicted octanol–water partition coefficient (Wildman–Crippen LogP) is 2.69. The molecule has 0 aliphatic rings. The number of benzene rings is 1. The summed E-state index contributed by atoms with van der Waals surface area (Å²) < 4.78 is 5.21. The van der Waals surface area contributed by atoms with Crippen molar-refractivity contribution in [2.24, 2.45) is 0 Å². The van der Waals surface area contributed by atoms with Crippen LogP contribution in [0.5, 0.6) is 0 Å². The molecule has 0 aliphatic heterocycles. The Morgan fingerprint density at radius 1 is 1.21 bits per heavy atom. The third kappa shape index (κ3) is 4.25. The van der Waals surface area contributed by atoms with E-state index in [1.165, 1.54) is 5.56 Å². The number of pyridine rings is 1. The van der Waals surface area contributed by atoms with Gasteiger partial charge in [0.2, 0.25) is 17.6 Å². The average molecular weight is 322 g/mol. The number of hydrogen-bond acceptors (Lipinski definition) is 5. The Bertz CT molecular complexity index is 797. The molecular formula is C18H18N4O2. The maximum atomic E-state index is 11.9. The molecule has 0 fully saturated rings. The van der Waals surface area contributed by atoms with Gasteiger partial charge in [0, 0.05) is 37.3 Å². The van der Waals surface area contributed by atoms with Crippen molar-refractivity contribution in [1.82, 2.24) is 20.4 Å². The van der Waals surface area contributed by atoms with Crippen LogP contribution in [0.2, 0.25) is 0 Å². The number of aryl methyl sites for hydroxylation is 2. The second-order valence-electron chi connectivity index (χ2n) is 5.52. The Hall–Kier alpha value is -3.02. The summed E-state index contributed by atoms with van der Waals surface area (Å²) in [4.78, 5) is 20.2. The zero-order chi connectivity index (χ0) is 16.8. The summed E-state index contributed by atoms with van der Waals surface area (Å²) >= 11 is 0. The quantitative estimate of drug-likeness (QED) is 0.754. The third-order valence-corrected chi connectivity index (χ3v) is 3.56.